The largest absolute Gasteiger partial charge is 0.462 e. The highest BCUT2D eigenvalue weighted by Crippen LogP contribution is 2.69. The van der Waals surface area contributed by atoms with Gasteiger partial charge in [0.1, 0.15) is 6.10 Å². The van der Waals surface area contributed by atoms with Crippen molar-refractivity contribution < 1.29 is 24.9 Å². The van der Waals surface area contributed by atoms with E-state index in [9.17, 15) is 20.1 Å². The molecule has 5 nitrogen and oxygen atoms in total. The van der Waals surface area contributed by atoms with Crippen molar-refractivity contribution in [2.24, 2.45) is 51.8 Å². The molecule has 3 unspecified atom stereocenters. The molecule has 4 saturated carbocycles. The lowest BCUT2D eigenvalue weighted by Crippen LogP contribution is -2.71. The van der Waals surface area contributed by atoms with Crippen molar-refractivity contribution in [3.8, 4) is 0 Å². The molecule has 0 heterocycles. The van der Waals surface area contributed by atoms with Crippen LogP contribution in [0, 0.1) is 51.8 Å². The number of hydrogen-bond donors (Lipinski definition) is 3. The molecule has 0 aromatic heterocycles. The molecule has 0 radical (unpaired) electrons. The van der Waals surface area contributed by atoms with Crippen molar-refractivity contribution >= 4 is 5.97 Å². The highest BCUT2D eigenvalue weighted by molar-refractivity contribution is 5.66. The van der Waals surface area contributed by atoms with Gasteiger partial charge in [-0.15, -0.1) is 0 Å². The van der Waals surface area contributed by atoms with Crippen molar-refractivity contribution in [3.05, 3.63) is 0 Å². The Balaban J connectivity index is 1.65. The fourth-order valence-electron chi connectivity index (χ4n) is 9.73. The first kappa shape index (κ1) is 28.4. The summed E-state index contributed by atoms with van der Waals surface area (Å²) in [4.78, 5) is 12.4. The molecule has 0 spiro atoms. The second-order valence-electron chi connectivity index (χ2n) is 15.0. The molecule has 0 bridgehead atoms. The SMILES string of the molecule is CC(=O)O[C@@H]1C[C@@]2(C)C(CC[C@@H]2[C@H](C)CCC(C)(C)C(C)C)C2C[C@@H](O)[C@@]3(O)C[C@@H](O)CC[C@]3(C)C21. The van der Waals surface area contributed by atoms with Crippen LogP contribution in [-0.4, -0.2) is 45.2 Å². The fraction of sp³-hybridized carbons (Fsp3) is 0.968. The zero-order chi connectivity index (χ0) is 26.8. The number of ether oxygens (including phenoxy) is 1. The van der Waals surface area contributed by atoms with Crippen molar-refractivity contribution in [1.82, 2.24) is 0 Å². The molecule has 0 aromatic carbocycles. The lowest BCUT2D eigenvalue weighted by Gasteiger charge is -2.66. The summed E-state index contributed by atoms with van der Waals surface area (Å²) >= 11 is 0. The lowest BCUT2D eigenvalue weighted by atomic mass is 9.41. The van der Waals surface area contributed by atoms with E-state index in [1.807, 2.05) is 0 Å². The van der Waals surface area contributed by atoms with Crippen LogP contribution in [0.5, 0.6) is 0 Å². The summed E-state index contributed by atoms with van der Waals surface area (Å²) in [6, 6.07) is 0. The van der Waals surface area contributed by atoms with Crippen LogP contribution >= 0.6 is 0 Å². The smallest absolute Gasteiger partial charge is 0.302 e. The molecular weight excluding hydrogens is 452 g/mol. The highest BCUT2D eigenvalue weighted by Gasteiger charge is 2.70. The molecule has 4 aliphatic rings. The maximum atomic E-state index is 12.4. The molecule has 0 amide bonds. The lowest BCUT2D eigenvalue weighted by molar-refractivity contribution is -0.284. The van der Waals surface area contributed by atoms with Gasteiger partial charge in [0.25, 0.3) is 0 Å². The van der Waals surface area contributed by atoms with Crippen LogP contribution in [0.3, 0.4) is 0 Å². The molecule has 4 fully saturated rings. The first-order chi connectivity index (χ1) is 16.6. The number of carbonyl (C=O) groups is 1. The molecule has 0 saturated heterocycles. The second kappa shape index (κ2) is 9.52. The number of carbonyl (C=O) groups excluding carboxylic acids is 1. The molecule has 36 heavy (non-hydrogen) atoms. The third-order valence-electron chi connectivity index (χ3n) is 12.6. The van der Waals surface area contributed by atoms with Gasteiger partial charge in [-0.05, 0) is 91.8 Å². The zero-order valence-electron chi connectivity index (χ0n) is 24.2. The van der Waals surface area contributed by atoms with Crippen LogP contribution in [0.2, 0.25) is 0 Å². The number of fused-ring (bicyclic) bond motifs is 5. The summed E-state index contributed by atoms with van der Waals surface area (Å²) < 4.78 is 6.13. The van der Waals surface area contributed by atoms with E-state index >= 15 is 0 Å². The third-order valence-corrected chi connectivity index (χ3v) is 12.6. The van der Waals surface area contributed by atoms with Crippen LogP contribution in [0.25, 0.3) is 0 Å². The minimum Gasteiger partial charge on any atom is -0.462 e. The van der Waals surface area contributed by atoms with Crippen LogP contribution in [0.4, 0.5) is 0 Å². The summed E-state index contributed by atoms with van der Waals surface area (Å²) in [5.41, 5.74) is -1.54. The van der Waals surface area contributed by atoms with Crippen molar-refractivity contribution in [2.45, 2.75) is 137 Å². The van der Waals surface area contributed by atoms with Gasteiger partial charge in [-0.1, -0.05) is 48.5 Å². The van der Waals surface area contributed by atoms with Gasteiger partial charge in [-0.25, -0.2) is 0 Å². The number of aliphatic hydroxyl groups is 3. The molecule has 0 aliphatic heterocycles. The summed E-state index contributed by atoms with van der Waals surface area (Å²) in [5, 5.41) is 33.7. The predicted molar refractivity (Wildman–Crippen MR) is 142 cm³/mol. The van der Waals surface area contributed by atoms with E-state index < -0.39 is 23.2 Å². The van der Waals surface area contributed by atoms with E-state index in [1.165, 1.54) is 26.2 Å². The Morgan fingerprint density at radius 1 is 1.08 bits per heavy atom. The number of esters is 1. The van der Waals surface area contributed by atoms with Gasteiger partial charge < -0.3 is 20.1 Å². The summed E-state index contributed by atoms with van der Waals surface area (Å²) in [6.07, 6.45) is 5.90. The van der Waals surface area contributed by atoms with Gasteiger partial charge in [0.15, 0.2) is 0 Å². The Labute approximate surface area is 219 Å². The molecular formula is C31H54O5. The average Bonchev–Trinajstić information content (AvgIpc) is 3.10. The zero-order valence-corrected chi connectivity index (χ0v) is 24.2. The molecule has 5 heteroatoms. The van der Waals surface area contributed by atoms with Gasteiger partial charge >= 0.3 is 5.97 Å². The predicted octanol–water partition coefficient (Wildman–Crippen LogP) is 5.73. The first-order valence-corrected chi connectivity index (χ1v) is 14.8. The summed E-state index contributed by atoms with van der Waals surface area (Å²) in [6.45, 7) is 17.9. The molecule has 4 aliphatic carbocycles. The van der Waals surface area contributed by atoms with Crippen LogP contribution < -0.4 is 0 Å². The summed E-state index contributed by atoms with van der Waals surface area (Å²) in [5.74, 6) is 2.25. The molecule has 0 aromatic rings. The van der Waals surface area contributed by atoms with Gasteiger partial charge in [-0.2, -0.15) is 0 Å². The minimum atomic E-state index is -1.34. The topological polar surface area (TPSA) is 87.0 Å². The Kier molecular flexibility index (Phi) is 7.50. The number of aliphatic hydroxyl groups excluding tert-OH is 2. The molecule has 11 atom stereocenters. The first-order valence-electron chi connectivity index (χ1n) is 14.8. The van der Waals surface area contributed by atoms with E-state index in [0.717, 1.165) is 12.8 Å². The maximum Gasteiger partial charge on any atom is 0.302 e. The van der Waals surface area contributed by atoms with Crippen LogP contribution in [0.1, 0.15) is 113 Å². The Morgan fingerprint density at radius 3 is 2.36 bits per heavy atom. The second-order valence-corrected chi connectivity index (χ2v) is 15.0. The van der Waals surface area contributed by atoms with Gasteiger partial charge in [0.2, 0.25) is 0 Å². The molecule has 208 valence electrons. The van der Waals surface area contributed by atoms with Crippen molar-refractivity contribution in [2.75, 3.05) is 0 Å². The van der Waals surface area contributed by atoms with E-state index in [1.54, 1.807) is 0 Å². The number of hydrogen-bond acceptors (Lipinski definition) is 5. The Morgan fingerprint density at radius 2 is 1.75 bits per heavy atom. The van der Waals surface area contributed by atoms with Crippen molar-refractivity contribution in [1.29, 1.82) is 0 Å². The molecule has 4 rings (SSSR count). The van der Waals surface area contributed by atoms with Crippen LogP contribution in [0.15, 0.2) is 0 Å². The Bertz CT molecular complexity index is 824. The standard InChI is InChI=1S/C31H54O5/c1-18(2)28(5,6)13-11-19(3)23-9-10-24-22-15-26(34)31(35)16-21(33)12-14-30(31,8)27(22)25(36-20(4)32)17-29(23,24)7/h18-19,21-27,33-35H,9-17H2,1-8H3/t19-,21+,22?,23-,24?,25-,26-,27?,29-,30-,31+/m1/s1. The average molecular weight is 507 g/mol. The van der Waals surface area contributed by atoms with Gasteiger partial charge in [-0.3, -0.25) is 4.79 Å². The molecule has 3 N–H and O–H groups in total. The maximum absolute atomic E-state index is 12.4. The normalized spacial score (nSPS) is 47.6. The van der Waals surface area contributed by atoms with Gasteiger partial charge in [0, 0.05) is 24.7 Å². The van der Waals surface area contributed by atoms with E-state index in [-0.39, 0.29) is 35.7 Å². The fourth-order valence-corrected chi connectivity index (χ4v) is 9.73. The highest BCUT2D eigenvalue weighted by atomic mass is 16.5. The van der Waals surface area contributed by atoms with E-state index in [4.69, 9.17) is 4.74 Å². The quantitative estimate of drug-likeness (QED) is 0.400. The summed E-state index contributed by atoms with van der Waals surface area (Å²) in [7, 11) is 0. The third kappa shape index (κ3) is 4.37. The van der Waals surface area contributed by atoms with Gasteiger partial charge in [0.05, 0.1) is 17.8 Å². The van der Waals surface area contributed by atoms with Crippen molar-refractivity contribution in [3.63, 3.8) is 0 Å². The van der Waals surface area contributed by atoms with E-state index in [2.05, 4.69) is 48.5 Å². The minimum absolute atomic E-state index is 0.00862. The van der Waals surface area contributed by atoms with E-state index in [0.29, 0.717) is 48.3 Å². The monoisotopic (exact) mass is 506 g/mol. The van der Waals surface area contributed by atoms with Crippen LogP contribution in [-0.2, 0) is 9.53 Å². The Hall–Kier alpha value is -0.650. The number of rotatable bonds is 6.